The molecule has 134 valence electrons. The van der Waals surface area contributed by atoms with Crippen LogP contribution in [0.1, 0.15) is 45.8 Å². The molecule has 1 heterocycles. The van der Waals surface area contributed by atoms with Crippen molar-refractivity contribution in [1.29, 1.82) is 0 Å². The van der Waals surface area contributed by atoms with Crippen LogP contribution >= 0.6 is 11.8 Å². The van der Waals surface area contributed by atoms with E-state index in [-0.39, 0.29) is 23.1 Å². The highest BCUT2D eigenvalue weighted by Gasteiger charge is 2.50. The molecule has 1 saturated heterocycles. The molecule has 0 aromatic heterocycles. The van der Waals surface area contributed by atoms with Crippen LogP contribution in [-0.4, -0.2) is 30.1 Å². The van der Waals surface area contributed by atoms with Crippen molar-refractivity contribution in [2.45, 2.75) is 46.2 Å². The highest BCUT2D eigenvalue weighted by atomic mass is 32.2. The van der Waals surface area contributed by atoms with Crippen molar-refractivity contribution in [3.05, 3.63) is 35.9 Å². The van der Waals surface area contributed by atoms with E-state index < -0.39 is 5.97 Å². The maximum atomic E-state index is 12.7. The van der Waals surface area contributed by atoms with Gasteiger partial charge in [0.2, 0.25) is 0 Å². The van der Waals surface area contributed by atoms with E-state index in [2.05, 4.69) is 6.92 Å². The molecule has 1 aliphatic heterocycles. The molecule has 1 aliphatic rings. The van der Waals surface area contributed by atoms with Gasteiger partial charge in [0.25, 0.3) is 5.97 Å². The highest BCUT2D eigenvalue weighted by molar-refractivity contribution is 8.13. The Labute approximate surface area is 149 Å². The average Bonchev–Trinajstić information content (AvgIpc) is 2.55. The smallest absolute Gasteiger partial charge is 0.283 e. The van der Waals surface area contributed by atoms with Gasteiger partial charge in [-0.05, 0) is 31.1 Å². The first kappa shape index (κ1) is 19.4. The normalized spacial score (nSPS) is 26.2. The van der Waals surface area contributed by atoms with Crippen LogP contribution in [-0.2, 0) is 19.0 Å². The maximum Gasteiger partial charge on any atom is 0.283 e. The van der Waals surface area contributed by atoms with E-state index in [1.165, 1.54) is 11.8 Å². The second-order valence-corrected chi connectivity index (χ2v) is 7.23. The lowest BCUT2D eigenvalue weighted by molar-refractivity contribution is -0.418. The van der Waals surface area contributed by atoms with Gasteiger partial charge in [0.15, 0.2) is 5.12 Å². The standard InChI is InChI=1S/C19H28O4S/c1-5-21-19(22-6-2)13-14(4)16(18(20)24-7-3)17(23-19)15-11-9-8-10-12-15/h8-12,14,16-17H,5-7,13H2,1-4H3/t14-,16+,17-/m1/s1. The summed E-state index contributed by atoms with van der Waals surface area (Å²) in [5, 5.41) is 0.181. The number of rotatable bonds is 7. The SMILES string of the molecule is CCOC1(OCC)C[C@@H](C)[C@H](C(=O)SCC)[C@@H](c2ccccc2)O1. The van der Waals surface area contributed by atoms with Gasteiger partial charge < -0.3 is 14.2 Å². The number of ether oxygens (including phenoxy) is 3. The van der Waals surface area contributed by atoms with Gasteiger partial charge in [-0.3, -0.25) is 4.79 Å². The van der Waals surface area contributed by atoms with Crippen molar-refractivity contribution in [3.8, 4) is 0 Å². The minimum atomic E-state index is -1.07. The van der Waals surface area contributed by atoms with Gasteiger partial charge in [-0.25, -0.2) is 0 Å². The second kappa shape index (κ2) is 8.99. The molecule has 0 bridgehead atoms. The van der Waals surface area contributed by atoms with Gasteiger partial charge in [0.1, 0.15) is 0 Å². The van der Waals surface area contributed by atoms with Gasteiger partial charge in [-0.1, -0.05) is 55.9 Å². The molecule has 0 radical (unpaired) electrons. The molecule has 2 rings (SSSR count). The van der Waals surface area contributed by atoms with Crippen LogP contribution < -0.4 is 0 Å². The predicted molar refractivity (Wildman–Crippen MR) is 96.7 cm³/mol. The van der Waals surface area contributed by atoms with E-state index in [0.29, 0.717) is 19.6 Å². The van der Waals surface area contributed by atoms with Crippen LogP contribution in [0, 0.1) is 11.8 Å². The molecule has 1 fully saturated rings. The third-order valence-electron chi connectivity index (χ3n) is 4.23. The van der Waals surface area contributed by atoms with Gasteiger partial charge >= 0.3 is 0 Å². The number of benzene rings is 1. The lowest BCUT2D eigenvalue weighted by Crippen LogP contribution is -2.50. The Morgan fingerprint density at radius 1 is 1.21 bits per heavy atom. The van der Waals surface area contributed by atoms with Gasteiger partial charge in [-0.2, -0.15) is 0 Å². The zero-order valence-corrected chi connectivity index (χ0v) is 15.8. The molecule has 0 N–H and O–H groups in total. The highest BCUT2D eigenvalue weighted by Crippen LogP contribution is 2.47. The molecule has 0 unspecified atom stereocenters. The fourth-order valence-corrected chi connectivity index (χ4v) is 4.15. The average molecular weight is 352 g/mol. The van der Waals surface area contributed by atoms with Crippen molar-refractivity contribution in [1.82, 2.24) is 0 Å². The Morgan fingerprint density at radius 3 is 2.38 bits per heavy atom. The summed E-state index contributed by atoms with van der Waals surface area (Å²) in [5.41, 5.74) is 0.989. The minimum Gasteiger partial charge on any atom is -0.328 e. The number of thioether (sulfide) groups is 1. The van der Waals surface area contributed by atoms with Gasteiger partial charge in [-0.15, -0.1) is 0 Å². The summed E-state index contributed by atoms with van der Waals surface area (Å²) in [6, 6.07) is 9.90. The summed E-state index contributed by atoms with van der Waals surface area (Å²) >= 11 is 1.37. The first-order valence-electron chi connectivity index (χ1n) is 8.74. The van der Waals surface area contributed by atoms with Crippen LogP contribution in [0.2, 0.25) is 0 Å². The van der Waals surface area contributed by atoms with Gasteiger partial charge in [0, 0.05) is 19.6 Å². The largest absolute Gasteiger partial charge is 0.328 e. The molecule has 0 amide bonds. The first-order chi connectivity index (χ1) is 11.6. The Balaban J connectivity index is 2.37. The Bertz CT molecular complexity index is 513. The number of carbonyl (C=O) groups is 1. The van der Waals surface area contributed by atoms with Crippen LogP contribution in [0.3, 0.4) is 0 Å². The number of carbonyl (C=O) groups excluding carboxylic acids is 1. The lowest BCUT2D eigenvalue weighted by Gasteiger charge is -2.46. The van der Waals surface area contributed by atoms with Crippen molar-refractivity contribution in [2.75, 3.05) is 19.0 Å². The summed E-state index contributed by atoms with van der Waals surface area (Å²) in [5.74, 6) is -0.400. The van der Waals surface area contributed by atoms with Crippen molar-refractivity contribution >= 4 is 16.9 Å². The molecule has 0 spiro atoms. The number of hydrogen-bond donors (Lipinski definition) is 0. The summed E-state index contributed by atoms with van der Waals surface area (Å²) < 4.78 is 18.0. The molecule has 3 atom stereocenters. The topological polar surface area (TPSA) is 44.8 Å². The van der Waals surface area contributed by atoms with Crippen LogP contribution in [0.25, 0.3) is 0 Å². The zero-order chi connectivity index (χ0) is 17.6. The molecule has 1 aromatic rings. The third-order valence-corrected chi connectivity index (χ3v) is 5.08. The monoisotopic (exact) mass is 352 g/mol. The zero-order valence-electron chi connectivity index (χ0n) is 15.0. The lowest BCUT2D eigenvalue weighted by atomic mass is 9.81. The van der Waals surface area contributed by atoms with E-state index in [1.54, 1.807) is 0 Å². The van der Waals surface area contributed by atoms with Crippen molar-refractivity contribution in [2.24, 2.45) is 11.8 Å². The fourth-order valence-electron chi connectivity index (χ4n) is 3.31. The second-order valence-electron chi connectivity index (χ2n) is 5.96. The van der Waals surface area contributed by atoms with E-state index in [4.69, 9.17) is 14.2 Å². The van der Waals surface area contributed by atoms with Crippen molar-refractivity contribution in [3.63, 3.8) is 0 Å². The summed E-state index contributed by atoms with van der Waals surface area (Å²) in [6.07, 6.45) is 0.193. The summed E-state index contributed by atoms with van der Waals surface area (Å²) in [4.78, 5) is 12.7. The van der Waals surface area contributed by atoms with E-state index in [1.807, 2.05) is 51.1 Å². The van der Waals surface area contributed by atoms with Crippen LogP contribution in [0.15, 0.2) is 30.3 Å². The predicted octanol–water partition coefficient (Wildman–Crippen LogP) is 4.41. The van der Waals surface area contributed by atoms with Crippen LogP contribution in [0.5, 0.6) is 0 Å². The van der Waals surface area contributed by atoms with Crippen LogP contribution in [0.4, 0.5) is 0 Å². The van der Waals surface area contributed by atoms with Gasteiger partial charge in [0.05, 0.1) is 12.0 Å². The molecule has 1 aromatic carbocycles. The maximum absolute atomic E-state index is 12.7. The van der Waals surface area contributed by atoms with E-state index in [0.717, 1.165) is 11.3 Å². The summed E-state index contributed by atoms with van der Waals surface area (Å²) in [6.45, 7) is 8.93. The molecule has 24 heavy (non-hydrogen) atoms. The fraction of sp³-hybridized carbons (Fsp3) is 0.632. The Kier molecular flexibility index (Phi) is 7.29. The molecule has 5 heteroatoms. The van der Waals surface area contributed by atoms with Crippen molar-refractivity contribution < 1.29 is 19.0 Å². The molecular weight excluding hydrogens is 324 g/mol. The third kappa shape index (κ3) is 4.39. The van der Waals surface area contributed by atoms with E-state index >= 15 is 0 Å². The van der Waals surface area contributed by atoms with E-state index in [9.17, 15) is 4.79 Å². The first-order valence-corrected chi connectivity index (χ1v) is 9.72. The molecule has 0 aliphatic carbocycles. The number of hydrogen-bond acceptors (Lipinski definition) is 5. The Hall–Kier alpha value is -0.880. The molecule has 4 nitrogen and oxygen atoms in total. The molecule has 0 saturated carbocycles. The Morgan fingerprint density at radius 2 is 1.83 bits per heavy atom. The quantitative estimate of drug-likeness (QED) is 0.680. The summed E-state index contributed by atoms with van der Waals surface area (Å²) in [7, 11) is 0. The minimum absolute atomic E-state index is 0.105. The molecular formula is C19H28O4S.